The van der Waals surface area contributed by atoms with Gasteiger partial charge in [-0.05, 0) is 43.7 Å². The molecule has 2 atom stereocenters. The molecule has 3 aromatic rings. The van der Waals surface area contributed by atoms with Crippen molar-refractivity contribution in [2.75, 3.05) is 33.4 Å². The van der Waals surface area contributed by atoms with E-state index >= 15 is 0 Å². The summed E-state index contributed by atoms with van der Waals surface area (Å²) in [5.41, 5.74) is 2.23. The Morgan fingerprint density at radius 1 is 1.10 bits per heavy atom. The van der Waals surface area contributed by atoms with E-state index in [2.05, 4.69) is 27.7 Å². The predicted octanol–water partition coefficient (Wildman–Crippen LogP) is 3.66. The summed E-state index contributed by atoms with van der Waals surface area (Å²) in [6.07, 6.45) is 2.37. The maximum atomic E-state index is 6.19. The zero-order valence-corrected chi connectivity index (χ0v) is 16.8. The normalized spacial score (nSPS) is 22.1. The maximum absolute atomic E-state index is 6.19. The summed E-state index contributed by atoms with van der Waals surface area (Å²) in [5, 5.41) is 0. The van der Waals surface area contributed by atoms with E-state index in [0.717, 1.165) is 55.3 Å². The third kappa shape index (κ3) is 3.70. The van der Waals surface area contributed by atoms with Gasteiger partial charge in [-0.15, -0.1) is 0 Å². The Hall–Kier alpha value is -2.57. The van der Waals surface area contributed by atoms with E-state index in [1.807, 2.05) is 30.3 Å². The lowest BCUT2D eigenvalue weighted by Gasteiger charge is -2.37. The minimum absolute atomic E-state index is 0.0571. The van der Waals surface area contributed by atoms with Gasteiger partial charge in [-0.25, -0.2) is 4.98 Å². The number of imidazole rings is 1. The zero-order chi connectivity index (χ0) is 19.6. The quantitative estimate of drug-likeness (QED) is 0.662. The highest BCUT2D eigenvalue weighted by molar-refractivity contribution is 5.76. The number of benzene rings is 2. The van der Waals surface area contributed by atoms with E-state index in [9.17, 15) is 0 Å². The molecule has 0 spiro atoms. The molecule has 1 fully saturated rings. The Morgan fingerprint density at radius 3 is 2.83 bits per heavy atom. The van der Waals surface area contributed by atoms with Gasteiger partial charge in [-0.3, -0.25) is 4.90 Å². The van der Waals surface area contributed by atoms with Gasteiger partial charge in [0.15, 0.2) is 11.5 Å². The summed E-state index contributed by atoms with van der Waals surface area (Å²) < 4.78 is 19.9. The average molecular weight is 393 g/mol. The van der Waals surface area contributed by atoms with Crippen molar-refractivity contribution in [3.8, 4) is 11.5 Å². The Bertz CT molecular complexity index is 986. The largest absolute Gasteiger partial charge is 0.486 e. The molecule has 0 aliphatic carbocycles. The van der Waals surface area contributed by atoms with Crippen LogP contribution in [0.25, 0.3) is 11.0 Å². The fourth-order valence-corrected chi connectivity index (χ4v) is 4.58. The second-order valence-corrected chi connectivity index (χ2v) is 7.87. The standard InChI is InChI=1S/C23H27N3O3/c1-27-16-23-24-19-8-2-3-9-20(19)26(23)17-7-6-12-25(13-17)14-18-15-28-21-10-4-5-11-22(21)29-18/h2-5,8-11,17-18H,6-7,12-16H2,1H3. The Labute approximate surface area is 171 Å². The molecule has 0 saturated carbocycles. The average Bonchev–Trinajstić information content (AvgIpc) is 3.12. The molecule has 0 bridgehead atoms. The topological polar surface area (TPSA) is 48.8 Å². The van der Waals surface area contributed by atoms with E-state index in [1.165, 1.54) is 5.52 Å². The van der Waals surface area contributed by atoms with Gasteiger partial charge in [-0.1, -0.05) is 24.3 Å². The smallest absolute Gasteiger partial charge is 0.161 e. The van der Waals surface area contributed by atoms with Crippen LogP contribution in [0.15, 0.2) is 48.5 Å². The molecule has 0 radical (unpaired) electrons. The molecule has 2 aliphatic rings. The first kappa shape index (κ1) is 18.5. The van der Waals surface area contributed by atoms with Crippen molar-refractivity contribution in [2.45, 2.75) is 31.6 Å². The summed E-state index contributed by atoms with van der Waals surface area (Å²) in [6, 6.07) is 16.7. The van der Waals surface area contributed by atoms with Crippen LogP contribution >= 0.6 is 0 Å². The molecule has 2 aliphatic heterocycles. The van der Waals surface area contributed by atoms with Crippen LogP contribution in [-0.4, -0.2) is 53.9 Å². The van der Waals surface area contributed by atoms with E-state index in [1.54, 1.807) is 7.11 Å². The van der Waals surface area contributed by atoms with Crippen molar-refractivity contribution < 1.29 is 14.2 Å². The van der Waals surface area contributed by atoms with Gasteiger partial charge in [0, 0.05) is 26.2 Å². The van der Waals surface area contributed by atoms with Gasteiger partial charge >= 0.3 is 0 Å². The first-order valence-electron chi connectivity index (χ1n) is 10.4. The molecule has 0 N–H and O–H groups in total. The Morgan fingerprint density at radius 2 is 1.93 bits per heavy atom. The molecule has 1 aromatic heterocycles. The van der Waals surface area contributed by atoms with Crippen molar-refractivity contribution in [1.82, 2.24) is 14.5 Å². The molecule has 6 nitrogen and oxygen atoms in total. The number of ether oxygens (including phenoxy) is 3. The van der Waals surface area contributed by atoms with Gasteiger partial charge < -0.3 is 18.8 Å². The van der Waals surface area contributed by atoms with Crippen molar-refractivity contribution in [3.05, 3.63) is 54.4 Å². The summed E-state index contributed by atoms with van der Waals surface area (Å²) in [7, 11) is 1.73. The minimum atomic E-state index is 0.0571. The number of rotatable bonds is 5. The van der Waals surface area contributed by atoms with Crippen LogP contribution in [0.2, 0.25) is 0 Å². The molecule has 5 rings (SSSR count). The van der Waals surface area contributed by atoms with E-state index in [0.29, 0.717) is 19.3 Å². The van der Waals surface area contributed by atoms with Gasteiger partial charge in [-0.2, -0.15) is 0 Å². The van der Waals surface area contributed by atoms with Crippen LogP contribution in [0.4, 0.5) is 0 Å². The fraction of sp³-hybridized carbons (Fsp3) is 0.435. The molecular formula is C23H27N3O3. The molecule has 0 amide bonds. The van der Waals surface area contributed by atoms with Crippen LogP contribution in [0.5, 0.6) is 11.5 Å². The number of fused-ring (bicyclic) bond motifs is 2. The van der Waals surface area contributed by atoms with E-state index in [-0.39, 0.29) is 6.10 Å². The van der Waals surface area contributed by atoms with Crippen LogP contribution in [0.1, 0.15) is 24.7 Å². The monoisotopic (exact) mass is 393 g/mol. The number of piperidine rings is 1. The molecule has 152 valence electrons. The lowest BCUT2D eigenvalue weighted by molar-refractivity contribution is 0.0457. The van der Waals surface area contributed by atoms with Gasteiger partial charge in [0.2, 0.25) is 0 Å². The van der Waals surface area contributed by atoms with Gasteiger partial charge in [0.05, 0.1) is 11.0 Å². The number of methoxy groups -OCH3 is 1. The highest BCUT2D eigenvalue weighted by atomic mass is 16.6. The van der Waals surface area contributed by atoms with Crippen LogP contribution in [0.3, 0.4) is 0 Å². The highest BCUT2D eigenvalue weighted by Gasteiger charge is 2.29. The summed E-state index contributed by atoms with van der Waals surface area (Å²) in [6.45, 7) is 4.07. The second-order valence-electron chi connectivity index (χ2n) is 7.87. The SMILES string of the molecule is COCc1nc2ccccc2n1C1CCCN(CC2COc3ccccc3O2)C1. The zero-order valence-electron chi connectivity index (χ0n) is 16.8. The predicted molar refractivity (Wildman–Crippen MR) is 112 cm³/mol. The van der Waals surface area contributed by atoms with Crippen molar-refractivity contribution >= 4 is 11.0 Å². The fourth-order valence-electron chi connectivity index (χ4n) is 4.58. The number of aromatic nitrogens is 2. The summed E-state index contributed by atoms with van der Waals surface area (Å²) in [4.78, 5) is 7.32. The van der Waals surface area contributed by atoms with Gasteiger partial charge in [0.1, 0.15) is 25.1 Å². The lowest BCUT2D eigenvalue weighted by Crippen LogP contribution is -2.45. The van der Waals surface area contributed by atoms with Crippen molar-refractivity contribution in [2.24, 2.45) is 0 Å². The third-order valence-electron chi connectivity index (χ3n) is 5.82. The summed E-state index contributed by atoms with van der Waals surface area (Å²) >= 11 is 0. The lowest BCUT2D eigenvalue weighted by atomic mass is 10.0. The Balaban J connectivity index is 1.33. The first-order valence-corrected chi connectivity index (χ1v) is 10.4. The van der Waals surface area contributed by atoms with Crippen LogP contribution < -0.4 is 9.47 Å². The number of hydrogen-bond donors (Lipinski definition) is 0. The molecule has 6 heteroatoms. The number of likely N-dealkylation sites (tertiary alicyclic amines) is 1. The maximum Gasteiger partial charge on any atom is 0.161 e. The minimum Gasteiger partial charge on any atom is -0.486 e. The van der Waals surface area contributed by atoms with Gasteiger partial charge in [0.25, 0.3) is 0 Å². The second kappa shape index (κ2) is 8.05. The van der Waals surface area contributed by atoms with Crippen LogP contribution in [-0.2, 0) is 11.3 Å². The first-order chi connectivity index (χ1) is 14.3. The molecule has 2 unspecified atom stereocenters. The van der Waals surface area contributed by atoms with Crippen molar-refractivity contribution in [1.29, 1.82) is 0 Å². The molecular weight excluding hydrogens is 366 g/mol. The number of para-hydroxylation sites is 4. The molecule has 1 saturated heterocycles. The third-order valence-corrected chi connectivity index (χ3v) is 5.82. The number of nitrogens with zero attached hydrogens (tertiary/aromatic N) is 3. The van der Waals surface area contributed by atoms with E-state index in [4.69, 9.17) is 19.2 Å². The van der Waals surface area contributed by atoms with Crippen molar-refractivity contribution in [3.63, 3.8) is 0 Å². The molecule has 2 aromatic carbocycles. The van der Waals surface area contributed by atoms with Crippen LogP contribution in [0, 0.1) is 0 Å². The summed E-state index contributed by atoms with van der Waals surface area (Å²) in [5.74, 6) is 2.70. The number of hydrogen-bond acceptors (Lipinski definition) is 5. The molecule has 3 heterocycles. The Kier molecular flexibility index (Phi) is 5.12. The van der Waals surface area contributed by atoms with E-state index < -0.39 is 0 Å². The highest BCUT2D eigenvalue weighted by Crippen LogP contribution is 2.32. The molecule has 29 heavy (non-hydrogen) atoms.